The fraction of sp³-hybridized carbons (Fsp3) is 0.250. The van der Waals surface area contributed by atoms with Crippen molar-refractivity contribution in [1.29, 1.82) is 0 Å². The topological polar surface area (TPSA) is 112 Å². The van der Waals surface area contributed by atoms with Gasteiger partial charge >= 0.3 is 5.97 Å². The lowest BCUT2D eigenvalue weighted by atomic mass is 10.0. The molecule has 0 unspecified atom stereocenters. The summed E-state index contributed by atoms with van der Waals surface area (Å²) < 4.78 is 21.2. The minimum Gasteiger partial charge on any atom is -0.493 e. The van der Waals surface area contributed by atoms with Crippen LogP contribution in [0.3, 0.4) is 0 Å². The number of methoxy groups -OCH3 is 2. The van der Waals surface area contributed by atoms with Gasteiger partial charge in [-0.15, -0.1) is 0 Å². The summed E-state index contributed by atoms with van der Waals surface area (Å²) in [6.45, 7) is -0.0423. The van der Waals surface area contributed by atoms with Crippen LogP contribution in [0.4, 0.5) is 11.4 Å². The van der Waals surface area contributed by atoms with Crippen molar-refractivity contribution in [3.8, 4) is 17.2 Å². The third-order valence-electron chi connectivity index (χ3n) is 4.65. The van der Waals surface area contributed by atoms with Crippen LogP contribution in [0.1, 0.15) is 28.4 Å². The van der Waals surface area contributed by atoms with Crippen LogP contribution < -0.4 is 24.8 Å². The number of benzene rings is 2. The van der Waals surface area contributed by atoms with Gasteiger partial charge < -0.3 is 29.6 Å². The molecule has 2 heterocycles. The molecule has 29 heavy (non-hydrogen) atoms. The number of esters is 1. The van der Waals surface area contributed by atoms with Gasteiger partial charge in [-0.25, -0.2) is 4.79 Å². The Kier molecular flexibility index (Phi) is 4.71. The first-order valence-electron chi connectivity index (χ1n) is 8.82. The highest BCUT2D eigenvalue weighted by Gasteiger charge is 2.36. The Hall–Kier alpha value is -3.75. The molecule has 9 heteroatoms. The SMILES string of the molecule is COc1ccc2c(c1OC)C(=O)O[C@H]2CC(=O)Nc1ccc2c(c1)NC(=O)CO2. The van der Waals surface area contributed by atoms with E-state index in [1.807, 2.05) is 0 Å². The van der Waals surface area contributed by atoms with Crippen LogP contribution >= 0.6 is 0 Å². The lowest BCUT2D eigenvalue weighted by Gasteiger charge is -2.19. The molecule has 2 aliphatic heterocycles. The van der Waals surface area contributed by atoms with E-state index in [1.165, 1.54) is 14.2 Å². The van der Waals surface area contributed by atoms with Gasteiger partial charge in [0.25, 0.3) is 5.91 Å². The van der Waals surface area contributed by atoms with E-state index in [0.29, 0.717) is 28.4 Å². The molecule has 0 spiro atoms. The monoisotopic (exact) mass is 398 g/mol. The average Bonchev–Trinajstić information content (AvgIpc) is 3.02. The van der Waals surface area contributed by atoms with E-state index in [0.717, 1.165) is 0 Å². The summed E-state index contributed by atoms with van der Waals surface area (Å²) >= 11 is 0. The van der Waals surface area contributed by atoms with E-state index in [4.69, 9.17) is 18.9 Å². The van der Waals surface area contributed by atoms with Crippen molar-refractivity contribution < 1.29 is 33.3 Å². The smallest absolute Gasteiger partial charge is 0.343 e. The third-order valence-corrected chi connectivity index (χ3v) is 4.65. The van der Waals surface area contributed by atoms with Gasteiger partial charge in [-0.2, -0.15) is 0 Å². The molecule has 0 fully saturated rings. The van der Waals surface area contributed by atoms with Crippen LogP contribution in [0, 0.1) is 0 Å². The molecule has 0 bridgehead atoms. The summed E-state index contributed by atoms with van der Waals surface area (Å²) in [5.41, 5.74) is 1.79. The van der Waals surface area contributed by atoms with Gasteiger partial charge in [0.1, 0.15) is 17.4 Å². The van der Waals surface area contributed by atoms with E-state index in [1.54, 1.807) is 30.3 Å². The molecule has 2 aromatic carbocycles. The number of amides is 2. The summed E-state index contributed by atoms with van der Waals surface area (Å²) in [6.07, 6.45) is -0.813. The normalized spacial score (nSPS) is 16.7. The van der Waals surface area contributed by atoms with Crippen LogP contribution in [0.15, 0.2) is 30.3 Å². The summed E-state index contributed by atoms with van der Waals surface area (Å²) in [6, 6.07) is 8.28. The average molecular weight is 398 g/mol. The van der Waals surface area contributed by atoms with Crippen molar-refractivity contribution in [3.63, 3.8) is 0 Å². The second-order valence-corrected chi connectivity index (χ2v) is 6.46. The highest BCUT2D eigenvalue weighted by atomic mass is 16.6. The fourth-order valence-electron chi connectivity index (χ4n) is 3.37. The van der Waals surface area contributed by atoms with Crippen LogP contribution in [0.25, 0.3) is 0 Å². The molecule has 2 N–H and O–H groups in total. The van der Waals surface area contributed by atoms with Gasteiger partial charge in [0.2, 0.25) is 5.91 Å². The fourth-order valence-corrected chi connectivity index (χ4v) is 3.37. The number of carbonyl (C=O) groups is 3. The zero-order valence-electron chi connectivity index (χ0n) is 15.7. The highest BCUT2D eigenvalue weighted by Crippen LogP contribution is 2.43. The van der Waals surface area contributed by atoms with E-state index < -0.39 is 12.1 Å². The van der Waals surface area contributed by atoms with Gasteiger partial charge in [-0.1, -0.05) is 6.07 Å². The molecule has 2 amide bonds. The molecule has 2 aliphatic rings. The quantitative estimate of drug-likeness (QED) is 0.743. The minimum absolute atomic E-state index is 0.0423. The Balaban J connectivity index is 1.50. The largest absolute Gasteiger partial charge is 0.493 e. The van der Waals surface area contributed by atoms with Crippen LogP contribution in [0.5, 0.6) is 17.2 Å². The standard InChI is InChI=1S/C20H18N2O7/c1-26-14-6-4-11-15(29-20(25)18(11)19(14)27-2)8-16(23)21-10-3-5-13-12(7-10)22-17(24)9-28-13/h3-7,15H,8-9H2,1-2H3,(H,21,23)(H,22,24)/t15-/m0/s1. The second-order valence-electron chi connectivity index (χ2n) is 6.46. The first-order chi connectivity index (χ1) is 14.0. The molecule has 0 radical (unpaired) electrons. The predicted octanol–water partition coefficient (Wildman–Crippen LogP) is 2.28. The molecule has 0 aromatic heterocycles. The summed E-state index contributed by atoms with van der Waals surface area (Å²) in [5, 5.41) is 5.42. The Morgan fingerprint density at radius 2 is 2.03 bits per heavy atom. The number of anilines is 2. The maximum atomic E-state index is 12.5. The zero-order valence-corrected chi connectivity index (χ0v) is 15.7. The maximum Gasteiger partial charge on any atom is 0.343 e. The number of ether oxygens (including phenoxy) is 4. The summed E-state index contributed by atoms with van der Waals surface area (Å²) in [5.74, 6) is 0.0349. The van der Waals surface area contributed by atoms with Gasteiger partial charge in [0.05, 0.1) is 26.3 Å². The van der Waals surface area contributed by atoms with E-state index in [9.17, 15) is 14.4 Å². The highest BCUT2D eigenvalue weighted by molar-refractivity contribution is 6.00. The van der Waals surface area contributed by atoms with Crippen molar-refractivity contribution >= 4 is 29.2 Å². The molecular formula is C20H18N2O7. The van der Waals surface area contributed by atoms with E-state index >= 15 is 0 Å². The summed E-state index contributed by atoms with van der Waals surface area (Å²) in [4.78, 5) is 36.3. The number of cyclic esters (lactones) is 1. The van der Waals surface area contributed by atoms with Crippen LogP contribution in [0.2, 0.25) is 0 Å². The van der Waals surface area contributed by atoms with Crippen molar-refractivity contribution in [2.24, 2.45) is 0 Å². The molecule has 0 saturated heterocycles. The number of carbonyl (C=O) groups excluding carboxylic acids is 3. The van der Waals surface area contributed by atoms with E-state index in [2.05, 4.69) is 10.6 Å². The van der Waals surface area contributed by atoms with Gasteiger partial charge in [-0.05, 0) is 24.3 Å². The lowest BCUT2D eigenvalue weighted by Crippen LogP contribution is -2.25. The Labute approximate surface area is 165 Å². The van der Waals surface area contributed by atoms with Crippen LogP contribution in [-0.2, 0) is 14.3 Å². The maximum absolute atomic E-state index is 12.5. The molecule has 9 nitrogen and oxygen atoms in total. The van der Waals surface area contributed by atoms with Crippen molar-refractivity contribution in [3.05, 3.63) is 41.5 Å². The zero-order chi connectivity index (χ0) is 20.5. The Morgan fingerprint density at radius 3 is 2.79 bits per heavy atom. The lowest BCUT2D eigenvalue weighted by molar-refractivity contribution is -0.119. The first-order valence-corrected chi connectivity index (χ1v) is 8.82. The predicted molar refractivity (Wildman–Crippen MR) is 102 cm³/mol. The molecule has 2 aromatic rings. The number of rotatable bonds is 5. The first kappa shape index (κ1) is 18.6. The Morgan fingerprint density at radius 1 is 1.21 bits per heavy atom. The number of hydrogen-bond donors (Lipinski definition) is 2. The Bertz CT molecular complexity index is 1020. The minimum atomic E-state index is -0.738. The van der Waals surface area contributed by atoms with Crippen molar-refractivity contribution in [2.75, 3.05) is 31.5 Å². The van der Waals surface area contributed by atoms with Gasteiger partial charge in [0.15, 0.2) is 18.1 Å². The number of fused-ring (bicyclic) bond motifs is 2. The molecule has 4 rings (SSSR count). The number of nitrogens with one attached hydrogen (secondary N) is 2. The molecule has 0 aliphatic carbocycles. The molecule has 150 valence electrons. The third kappa shape index (κ3) is 3.42. The van der Waals surface area contributed by atoms with Crippen molar-refractivity contribution in [2.45, 2.75) is 12.5 Å². The van der Waals surface area contributed by atoms with E-state index in [-0.39, 0.29) is 36.2 Å². The van der Waals surface area contributed by atoms with Gasteiger partial charge in [-0.3, -0.25) is 9.59 Å². The molecule has 0 saturated carbocycles. The van der Waals surface area contributed by atoms with Crippen molar-refractivity contribution in [1.82, 2.24) is 0 Å². The van der Waals surface area contributed by atoms with Crippen LogP contribution in [-0.4, -0.2) is 38.6 Å². The van der Waals surface area contributed by atoms with Gasteiger partial charge in [0, 0.05) is 11.3 Å². The second kappa shape index (κ2) is 7.34. The molecule has 1 atom stereocenters. The molecular weight excluding hydrogens is 380 g/mol. The number of hydrogen-bond acceptors (Lipinski definition) is 7. The summed E-state index contributed by atoms with van der Waals surface area (Å²) in [7, 11) is 2.91.